The fourth-order valence-electron chi connectivity index (χ4n) is 4.18. The third kappa shape index (κ3) is 2.18. The van der Waals surface area contributed by atoms with Gasteiger partial charge < -0.3 is 9.97 Å². The van der Waals surface area contributed by atoms with Gasteiger partial charge in [0.25, 0.3) is 0 Å². The minimum Gasteiger partial charge on any atom is -0.367 e. The lowest BCUT2D eigenvalue weighted by molar-refractivity contribution is 1.18. The molecule has 0 saturated carbocycles. The number of aromatic nitrogens is 3. The van der Waals surface area contributed by atoms with Gasteiger partial charge in [-0.3, -0.25) is 0 Å². The molecule has 2 aromatic carbocycles. The molecule has 4 aliphatic heterocycles. The Bertz CT molecular complexity index is 1650. The Balaban J connectivity index is 1.61. The van der Waals surface area contributed by atoms with Gasteiger partial charge in [-0.15, -0.1) is 0 Å². The highest BCUT2D eigenvalue weighted by Crippen LogP contribution is 2.36. The highest BCUT2D eigenvalue weighted by Gasteiger charge is 2.24. The van der Waals surface area contributed by atoms with E-state index in [4.69, 9.17) is 20.0 Å². The first kappa shape index (κ1) is 15.6. The number of benzene rings is 2. The third-order valence-electron chi connectivity index (χ3n) is 5.61. The summed E-state index contributed by atoms with van der Waals surface area (Å²) in [6.45, 7) is 0. The standard InChI is InChI=1S/C24H14N6/c1-2-4-14-10-18-17(9-13(14)3-1)23-28-21-6-5-15(26-21)11-20-19-12-25-8-7-16(19)22(27-20)29-24(18)30-23/h1-12,25H,(H,26,28,29,30). The summed E-state index contributed by atoms with van der Waals surface area (Å²) in [5.41, 5.74) is 5.57. The summed E-state index contributed by atoms with van der Waals surface area (Å²) >= 11 is 0. The van der Waals surface area contributed by atoms with Gasteiger partial charge in [0.05, 0.1) is 5.69 Å². The van der Waals surface area contributed by atoms with E-state index in [1.54, 1.807) is 0 Å². The Labute approximate surface area is 170 Å². The number of nitrogens with one attached hydrogen (secondary N) is 2. The van der Waals surface area contributed by atoms with Gasteiger partial charge >= 0.3 is 0 Å². The molecule has 0 radical (unpaired) electrons. The van der Waals surface area contributed by atoms with E-state index in [0.29, 0.717) is 17.5 Å². The quantitative estimate of drug-likeness (QED) is 0.421. The lowest BCUT2D eigenvalue weighted by Gasteiger charge is -2.04. The number of amidine groups is 2. The van der Waals surface area contributed by atoms with Crippen molar-refractivity contribution in [3.8, 4) is 11.1 Å². The second kappa shape index (κ2) is 5.61. The number of hydrogen-bond acceptors (Lipinski definition) is 4. The minimum atomic E-state index is 0.639. The molecule has 30 heavy (non-hydrogen) atoms. The topological polar surface area (TPSA) is 81.5 Å². The molecular formula is C24H14N6. The van der Waals surface area contributed by atoms with Crippen molar-refractivity contribution in [1.29, 1.82) is 0 Å². The van der Waals surface area contributed by atoms with Crippen LogP contribution >= 0.6 is 0 Å². The maximum atomic E-state index is 4.89. The Morgan fingerprint density at radius 2 is 1.50 bits per heavy atom. The van der Waals surface area contributed by atoms with Crippen LogP contribution in [-0.2, 0) is 0 Å². The number of H-pyrrole nitrogens is 2. The van der Waals surface area contributed by atoms with Crippen molar-refractivity contribution in [3.63, 3.8) is 0 Å². The van der Waals surface area contributed by atoms with E-state index < -0.39 is 0 Å². The van der Waals surface area contributed by atoms with E-state index in [1.807, 2.05) is 48.8 Å². The van der Waals surface area contributed by atoms with E-state index in [9.17, 15) is 0 Å². The van der Waals surface area contributed by atoms with E-state index in [1.165, 1.54) is 0 Å². The van der Waals surface area contributed by atoms with Gasteiger partial charge in [0.2, 0.25) is 0 Å². The van der Waals surface area contributed by atoms with Crippen LogP contribution in [0, 0.1) is 0 Å². The normalized spacial score (nSPS) is 14.3. The number of nitrogens with zero attached hydrogens (tertiary/aromatic N) is 4. The molecule has 6 nitrogen and oxygen atoms in total. The van der Waals surface area contributed by atoms with Gasteiger partial charge in [0.1, 0.15) is 5.49 Å². The first-order valence-electron chi connectivity index (χ1n) is 9.75. The van der Waals surface area contributed by atoms with Crippen molar-refractivity contribution in [2.45, 2.75) is 0 Å². The van der Waals surface area contributed by atoms with E-state index in [2.05, 4.69) is 34.2 Å². The molecule has 0 aliphatic carbocycles. The van der Waals surface area contributed by atoms with Crippen LogP contribution in [0.3, 0.4) is 0 Å². The zero-order chi connectivity index (χ0) is 19.7. The first-order chi connectivity index (χ1) is 14.8. The number of fused-ring (bicyclic) bond motifs is 12. The molecule has 0 atom stereocenters. The molecular weight excluding hydrogens is 372 g/mol. The fourth-order valence-corrected chi connectivity index (χ4v) is 4.18. The molecule has 6 heteroatoms. The average Bonchev–Trinajstić information content (AvgIpc) is 3.45. The Hall–Kier alpha value is -4.32. The number of rotatable bonds is 0. The Morgan fingerprint density at radius 3 is 2.33 bits per heavy atom. The van der Waals surface area contributed by atoms with Crippen LogP contribution in [0.4, 0.5) is 5.82 Å². The molecule has 4 aliphatic rings. The molecule has 140 valence electrons. The summed E-state index contributed by atoms with van der Waals surface area (Å²) in [5, 5.41) is 3.24. The zero-order valence-electron chi connectivity index (χ0n) is 15.7. The van der Waals surface area contributed by atoms with Crippen molar-refractivity contribution < 1.29 is 0 Å². The van der Waals surface area contributed by atoms with Crippen molar-refractivity contribution in [2.24, 2.45) is 15.0 Å². The summed E-state index contributed by atoms with van der Waals surface area (Å²) < 4.78 is 0. The fraction of sp³-hybridized carbons (Fsp3) is 0. The predicted molar refractivity (Wildman–Crippen MR) is 117 cm³/mol. The van der Waals surface area contributed by atoms with Crippen molar-refractivity contribution in [1.82, 2.24) is 15.0 Å². The summed E-state index contributed by atoms with van der Waals surface area (Å²) in [6, 6.07) is 18.5. The highest BCUT2D eigenvalue weighted by atomic mass is 15.1. The molecule has 0 fully saturated rings. The monoisotopic (exact) mass is 386 g/mol. The second-order valence-electron chi connectivity index (χ2n) is 7.46. The van der Waals surface area contributed by atoms with Crippen LogP contribution in [0.2, 0.25) is 0 Å². The van der Waals surface area contributed by atoms with Crippen LogP contribution in [-0.4, -0.2) is 26.6 Å². The van der Waals surface area contributed by atoms with Crippen LogP contribution < -0.4 is 10.8 Å². The number of aromatic amines is 2. The lowest BCUT2D eigenvalue weighted by atomic mass is 10.0. The molecule has 0 spiro atoms. The number of hydrogen-bond donors (Lipinski definition) is 2. The average molecular weight is 386 g/mol. The summed E-state index contributed by atoms with van der Waals surface area (Å²) in [6.07, 6.45) is 5.87. The molecule has 7 rings (SSSR count). The maximum Gasteiger partial charge on any atom is 0.164 e. The number of pyridine rings is 1. The highest BCUT2D eigenvalue weighted by molar-refractivity contribution is 6.24. The van der Waals surface area contributed by atoms with Crippen molar-refractivity contribution >= 4 is 34.3 Å². The van der Waals surface area contributed by atoms with Crippen LogP contribution in [0.25, 0.3) is 28.0 Å². The van der Waals surface area contributed by atoms with Crippen molar-refractivity contribution in [2.75, 3.05) is 0 Å². The van der Waals surface area contributed by atoms with Gasteiger partial charge in [-0.25, -0.2) is 20.0 Å². The molecule has 2 N–H and O–H groups in total. The second-order valence-corrected chi connectivity index (χ2v) is 7.46. The molecule has 3 aromatic rings. The lowest BCUT2D eigenvalue weighted by Crippen LogP contribution is -2.12. The zero-order valence-corrected chi connectivity index (χ0v) is 15.7. The first-order valence-corrected chi connectivity index (χ1v) is 9.75. The van der Waals surface area contributed by atoms with E-state index in [-0.39, 0.29) is 0 Å². The van der Waals surface area contributed by atoms with Crippen LogP contribution in [0.15, 0.2) is 82.0 Å². The molecule has 5 heterocycles. The third-order valence-corrected chi connectivity index (χ3v) is 5.61. The van der Waals surface area contributed by atoms with Gasteiger partial charge in [-0.1, -0.05) is 24.3 Å². The smallest absolute Gasteiger partial charge is 0.164 e. The van der Waals surface area contributed by atoms with E-state index in [0.717, 1.165) is 49.6 Å². The number of aliphatic imine (C=N–C) groups is 2. The Morgan fingerprint density at radius 1 is 0.700 bits per heavy atom. The van der Waals surface area contributed by atoms with Gasteiger partial charge in [0, 0.05) is 40.0 Å². The van der Waals surface area contributed by atoms with Crippen LogP contribution in [0.1, 0.15) is 16.8 Å². The Kier molecular flexibility index (Phi) is 2.91. The summed E-state index contributed by atoms with van der Waals surface area (Å²) in [7, 11) is 0. The molecule has 0 saturated heterocycles. The predicted octanol–water partition coefficient (Wildman–Crippen LogP) is 3.30. The molecule has 6 bridgehead atoms. The van der Waals surface area contributed by atoms with Crippen molar-refractivity contribution in [3.05, 3.63) is 94.6 Å². The van der Waals surface area contributed by atoms with Crippen LogP contribution in [0.5, 0.6) is 0 Å². The SMILES string of the molecule is C1=c2ccc([nH]2)=NC2=NC(=Nc3nc1c1c[nH]ccc3-1)c1cc3ccccc3cc12. The summed E-state index contributed by atoms with van der Waals surface area (Å²) in [5.74, 6) is 1.96. The summed E-state index contributed by atoms with van der Waals surface area (Å²) in [4.78, 5) is 25.8. The minimum absolute atomic E-state index is 0.639. The van der Waals surface area contributed by atoms with Gasteiger partial charge in [0.15, 0.2) is 17.5 Å². The van der Waals surface area contributed by atoms with Gasteiger partial charge in [-0.2, -0.15) is 0 Å². The molecule has 0 amide bonds. The van der Waals surface area contributed by atoms with Gasteiger partial charge in [-0.05, 0) is 47.2 Å². The maximum absolute atomic E-state index is 4.89. The largest absolute Gasteiger partial charge is 0.367 e. The molecule has 1 aromatic heterocycles. The van der Waals surface area contributed by atoms with E-state index >= 15 is 0 Å². The molecule has 0 unspecified atom stereocenters.